The number of piperidine rings is 2. The Labute approximate surface area is 176 Å². The first-order valence-electron chi connectivity index (χ1n) is 9.47. The van der Waals surface area contributed by atoms with Gasteiger partial charge in [0.2, 0.25) is 5.91 Å². The van der Waals surface area contributed by atoms with Crippen molar-refractivity contribution in [3.05, 3.63) is 28.2 Å². The van der Waals surface area contributed by atoms with Crippen molar-refractivity contribution in [1.29, 1.82) is 0 Å². The van der Waals surface area contributed by atoms with Crippen LogP contribution in [0.2, 0.25) is 5.02 Å². The smallest absolute Gasteiger partial charge is 0.223 e. The summed E-state index contributed by atoms with van der Waals surface area (Å²) in [4.78, 5) is 20.2. The summed E-state index contributed by atoms with van der Waals surface area (Å²) in [5.41, 5.74) is 0.871. The molecule has 2 saturated heterocycles. The largest absolute Gasteiger partial charge is 0.337 e. The van der Waals surface area contributed by atoms with Crippen molar-refractivity contribution in [2.75, 3.05) is 0 Å². The van der Waals surface area contributed by atoms with E-state index in [9.17, 15) is 4.79 Å². The van der Waals surface area contributed by atoms with Crippen LogP contribution in [0.15, 0.2) is 18.2 Å². The summed E-state index contributed by atoms with van der Waals surface area (Å²) in [6, 6.07) is 6.84. The number of nitrogens with zero attached hydrogens (tertiary/aromatic N) is 2. The van der Waals surface area contributed by atoms with Crippen LogP contribution in [0.4, 0.5) is 0 Å². The lowest BCUT2D eigenvalue weighted by atomic mass is 9.63. The highest BCUT2D eigenvalue weighted by Crippen LogP contribution is 2.55. The Bertz CT molecular complexity index is 868. The molecule has 4 fully saturated rings. The minimum Gasteiger partial charge on any atom is -0.337 e. The minimum atomic E-state index is 0.140. The average Bonchev–Trinajstić information content (AvgIpc) is 2.98. The van der Waals surface area contributed by atoms with E-state index in [1.165, 1.54) is 32.1 Å². The van der Waals surface area contributed by atoms with Crippen LogP contribution in [-0.4, -0.2) is 31.3 Å². The molecule has 1 amide bonds. The molecule has 3 unspecified atom stereocenters. The monoisotopic (exact) mass is 500 g/mol. The molecule has 2 aromatic rings. The fraction of sp³-hybridized carbons (Fsp3) is 0.600. The van der Waals surface area contributed by atoms with Crippen LogP contribution in [0.25, 0.3) is 10.2 Å². The second-order valence-electron chi connectivity index (χ2n) is 8.45. The molecule has 0 N–H and O–H groups in total. The van der Waals surface area contributed by atoms with Gasteiger partial charge in [-0.25, -0.2) is 4.98 Å². The number of amides is 1. The number of halogens is 2. The number of benzene rings is 1. The van der Waals surface area contributed by atoms with Gasteiger partial charge in [-0.05, 0) is 50.2 Å². The van der Waals surface area contributed by atoms with Crippen molar-refractivity contribution in [3.63, 3.8) is 0 Å². The highest BCUT2D eigenvalue weighted by molar-refractivity contribution is 14.1. The third-order valence-electron chi connectivity index (χ3n) is 6.43. The molecule has 6 rings (SSSR count). The average molecular weight is 501 g/mol. The first kappa shape index (κ1) is 17.7. The van der Waals surface area contributed by atoms with Gasteiger partial charge in [-0.2, -0.15) is 0 Å². The molecule has 2 aliphatic carbocycles. The zero-order valence-corrected chi connectivity index (χ0v) is 18.5. The quantitative estimate of drug-likeness (QED) is 0.395. The predicted molar refractivity (Wildman–Crippen MR) is 115 cm³/mol. The molecule has 138 valence electrons. The molecule has 6 heteroatoms. The van der Waals surface area contributed by atoms with Gasteiger partial charge < -0.3 is 4.90 Å². The summed E-state index contributed by atoms with van der Waals surface area (Å²) >= 11 is 10.6. The normalized spacial score (nSPS) is 33.8. The number of alkyl halides is 1. The number of hydrogen-bond donors (Lipinski definition) is 0. The molecule has 3 nitrogen and oxygen atoms in total. The summed E-state index contributed by atoms with van der Waals surface area (Å²) in [6.07, 6.45) is 6.75. The molecule has 3 atom stereocenters. The number of carbonyl (C=O) groups is 1. The lowest BCUT2D eigenvalue weighted by molar-refractivity contribution is -0.147. The predicted octanol–water partition coefficient (Wildman–Crippen LogP) is 5.79. The van der Waals surface area contributed by atoms with E-state index in [0.717, 1.165) is 21.1 Å². The lowest BCUT2D eigenvalue weighted by Gasteiger charge is -2.60. The molecular weight excluding hydrogens is 479 g/mol. The Balaban J connectivity index is 1.34. The molecule has 26 heavy (non-hydrogen) atoms. The van der Waals surface area contributed by atoms with Gasteiger partial charge in [0.25, 0.3) is 0 Å². The van der Waals surface area contributed by atoms with Crippen molar-refractivity contribution in [3.8, 4) is 0 Å². The van der Waals surface area contributed by atoms with E-state index in [0.29, 0.717) is 32.9 Å². The molecule has 0 radical (unpaired) electrons. The van der Waals surface area contributed by atoms with E-state index in [-0.39, 0.29) is 5.92 Å². The van der Waals surface area contributed by atoms with Crippen molar-refractivity contribution in [2.24, 2.45) is 5.92 Å². The Morgan fingerprint density at radius 1 is 1.38 bits per heavy atom. The third kappa shape index (κ3) is 2.89. The third-order valence-corrected chi connectivity index (χ3v) is 9.31. The van der Waals surface area contributed by atoms with Gasteiger partial charge in [0.1, 0.15) is 5.52 Å². The topological polar surface area (TPSA) is 33.2 Å². The highest BCUT2D eigenvalue weighted by Gasteiger charge is 2.54. The number of rotatable bonds is 3. The van der Waals surface area contributed by atoms with Gasteiger partial charge in [0.05, 0.1) is 14.7 Å². The Morgan fingerprint density at radius 3 is 2.77 bits per heavy atom. The zero-order chi connectivity index (χ0) is 18.1. The first-order chi connectivity index (χ1) is 12.4. The van der Waals surface area contributed by atoms with Gasteiger partial charge in [0, 0.05) is 27.8 Å². The molecule has 3 heterocycles. The van der Waals surface area contributed by atoms with Crippen LogP contribution in [-0.2, 0) is 4.79 Å². The second kappa shape index (κ2) is 6.31. The van der Waals surface area contributed by atoms with Crippen LogP contribution in [0.3, 0.4) is 0 Å². The van der Waals surface area contributed by atoms with E-state index in [2.05, 4.69) is 40.5 Å². The molecule has 1 aromatic heterocycles. The Hall–Kier alpha value is -0.400. The van der Waals surface area contributed by atoms with Crippen LogP contribution in [0, 0.1) is 5.92 Å². The second-order valence-corrected chi connectivity index (χ2v) is 12.2. The number of carbonyl (C=O) groups excluding carboxylic acids is 1. The molecular formula is C20H22ClIN2OS. The van der Waals surface area contributed by atoms with Crippen LogP contribution < -0.4 is 0 Å². The highest BCUT2D eigenvalue weighted by atomic mass is 127. The number of fused-ring (bicyclic) bond motifs is 1. The van der Waals surface area contributed by atoms with E-state index < -0.39 is 0 Å². The van der Waals surface area contributed by atoms with Crippen LogP contribution in [0.5, 0.6) is 0 Å². The van der Waals surface area contributed by atoms with Gasteiger partial charge in [-0.15, -0.1) is 11.3 Å². The molecule has 2 aliphatic heterocycles. The summed E-state index contributed by atoms with van der Waals surface area (Å²) < 4.78 is 1.56. The van der Waals surface area contributed by atoms with Crippen molar-refractivity contribution in [1.82, 2.24) is 9.88 Å². The zero-order valence-electron chi connectivity index (χ0n) is 14.8. The summed E-state index contributed by atoms with van der Waals surface area (Å²) in [5, 5.41) is 1.72. The number of aromatic nitrogens is 1. The molecule has 4 aliphatic rings. The SMILES string of the molecule is CC(CC(=O)N1C2CC3CC1CC(I)(C3)C2)c1nc2c(Cl)cccc2s1. The molecule has 2 saturated carbocycles. The standard InChI is InChI=1S/C20H22ClIN2OS/c1-11(19-23-18-15(21)3-2-4-16(18)26-19)5-17(25)24-13-6-12-7-14(24)10-20(22,8-12)9-13/h2-4,11-14H,5-10H2,1H3. The van der Waals surface area contributed by atoms with Crippen LogP contribution >= 0.6 is 45.5 Å². The van der Waals surface area contributed by atoms with Gasteiger partial charge in [0.15, 0.2) is 0 Å². The van der Waals surface area contributed by atoms with E-state index in [1.807, 2.05) is 12.1 Å². The van der Waals surface area contributed by atoms with Crippen molar-refractivity contribution < 1.29 is 4.79 Å². The molecule has 0 spiro atoms. The first-order valence-corrected chi connectivity index (χ1v) is 11.7. The van der Waals surface area contributed by atoms with E-state index >= 15 is 0 Å². The van der Waals surface area contributed by atoms with E-state index in [4.69, 9.17) is 16.6 Å². The van der Waals surface area contributed by atoms with Gasteiger partial charge in [-0.3, -0.25) is 4.79 Å². The summed E-state index contributed by atoms with van der Waals surface area (Å²) in [5.74, 6) is 1.32. The van der Waals surface area contributed by atoms with Crippen molar-refractivity contribution >= 4 is 61.7 Å². The number of para-hydroxylation sites is 1. The lowest BCUT2D eigenvalue weighted by Crippen LogP contribution is -2.64. The van der Waals surface area contributed by atoms with Gasteiger partial charge >= 0.3 is 0 Å². The molecule has 4 bridgehead atoms. The fourth-order valence-corrected chi connectivity index (χ4v) is 8.50. The summed E-state index contributed by atoms with van der Waals surface area (Å²) in [6.45, 7) is 2.13. The Kier molecular flexibility index (Phi) is 4.29. The number of thiazole rings is 1. The maximum atomic E-state index is 13.2. The van der Waals surface area contributed by atoms with Crippen LogP contribution in [0.1, 0.15) is 56.4 Å². The molecule has 1 aromatic carbocycles. The minimum absolute atomic E-state index is 0.140. The number of hydrogen-bond acceptors (Lipinski definition) is 3. The maximum Gasteiger partial charge on any atom is 0.223 e. The Morgan fingerprint density at radius 2 is 2.12 bits per heavy atom. The fourth-order valence-electron chi connectivity index (χ4n) is 5.54. The van der Waals surface area contributed by atoms with Gasteiger partial charge in [-0.1, -0.05) is 47.2 Å². The maximum absolute atomic E-state index is 13.2. The van der Waals surface area contributed by atoms with Crippen molar-refractivity contribution in [2.45, 2.75) is 66.9 Å². The summed E-state index contributed by atoms with van der Waals surface area (Å²) in [7, 11) is 0. The van der Waals surface area contributed by atoms with E-state index in [1.54, 1.807) is 11.3 Å².